The van der Waals surface area contributed by atoms with Crippen LogP contribution in [0.2, 0.25) is 0 Å². The van der Waals surface area contributed by atoms with Crippen molar-refractivity contribution in [3.8, 4) is 0 Å². The summed E-state index contributed by atoms with van der Waals surface area (Å²) in [6.45, 7) is 8.83. The second-order valence-electron chi connectivity index (χ2n) is 5.41. The van der Waals surface area contributed by atoms with Crippen molar-refractivity contribution >= 4 is 45.2 Å². The summed E-state index contributed by atoms with van der Waals surface area (Å²) in [5.41, 5.74) is 1.88. The molecule has 92 valence electrons. The van der Waals surface area contributed by atoms with E-state index in [2.05, 4.69) is 94.0 Å². The largest absolute Gasteiger partial charge is 0.103 e. The van der Waals surface area contributed by atoms with E-state index in [1.807, 2.05) is 0 Å². The summed E-state index contributed by atoms with van der Waals surface area (Å²) in [7, 11) is 0. The third kappa shape index (κ3) is 2.31. The van der Waals surface area contributed by atoms with Gasteiger partial charge in [-0.1, -0.05) is 60.2 Å². The van der Waals surface area contributed by atoms with Crippen LogP contribution in [-0.2, 0) is 0 Å². The van der Waals surface area contributed by atoms with Gasteiger partial charge in [-0.15, -0.1) is 6.58 Å². The summed E-state index contributed by atoms with van der Waals surface area (Å²) >= 11 is 4.77. The lowest BCUT2D eigenvalue weighted by atomic mass is 9.76. The van der Waals surface area contributed by atoms with E-state index in [0.29, 0.717) is 17.8 Å². The molecule has 0 heterocycles. The predicted molar refractivity (Wildman–Crippen MR) is 92.4 cm³/mol. The van der Waals surface area contributed by atoms with Gasteiger partial charge < -0.3 is 0 Å². The summed E-state index contributed by atoms with van der Waals surface area (Å²) in [6.07, 6.45) is 10.5. The molecule has 3 atom stereocenters. The molecule has 0 spiro atoms. The zero-order chi connectivity index (χ0) is 12.6. The first kappa shape index (κ1) is 13.8. The van der Waals surface area contributed by atoms with Crippen molar-refractivity contribution in [2.45, 2.75) is 20.3 Å². The van der Waals surface area contributed by atoms with Crippen molar-refractivity contribution in [3.05, 3.63) is 44.1 Å². The summed E-state index contributed by atoms with van der Waals surface area (Å²) in [5.74, 6) is 1.84. The summed E-state index contributed by atoms with van der Waals surface area (Å²) in [6, 6.07) is 0. The van der Waals surface area contributed by atoms with E-state index in [1.54, 1.807) is 5.57 Å². The number of hydrogen-bond donors (Lipinski definition) is 0. The van der Waals surface area contributed by atoms with Crippen molar-refractivity contribution < 1.29 is 0 Å². The maximum atomic E-state index is 4.06. The van der Waals surface area contributed by atoms with Crippen LogP contribution < -0.4 is 0 Å². The Bertz CT molecular complexity index is 413. The Morgan fingerprint density at radius 1 is 1.47 bits per heavy atom. The summed E-state index contributed by atoms with van der Waals surface area (Å²) in [4.78, 5) is 0. The SMILES string of the molecule is C=CC1C(/C=C/I)C(C)(C)C2=CC(I)=CC[C@@H]21. The van der Waals surface area contributed by atoms with E-state index in [1.165, 1.54) is 10.0 Å². The van der Waals surface area contributed by atoms with Crippen LogP contribution in [0, 0.1) is 23.2 Å². The second-order valence-corrected chi connectivity index (χ2v) is 7.37. The van der Waals surface area contributed by atoms with E-state index in [-0.39, 0.29) is 5.41 Å². The highest BCUT2D eigenvalue weighted by atomic mass is 127. The number of hydrogen-bond acceptors (Lipinski definition) is 0. The van der Waals surface area contributed by atoms with Gasteiger partial charge in [0.25, 0.3) is 0 Å². The molecule has 2 heteroatoms. The average Bonchev–Trinajstić information content (AvgIpc) is 2.49. The molecule has 0 amide bonds. The first-order valence-electron chi connectivity index (χ1n) is 5.99. The molecule has 2 unspecified atom stereocenters. The third-order valence-electron chi connectivity index (χ3n) is 4.27. The molecule has 0 bridgehead atoms. The van der Waals surface area contributed by atoms with Crippen LogP contribution in [0.3, 0.4) is 0 Å². The van der Waals surface area contributed by atoms with E-state index >= 15 is 0 Å². The molecular weight excluding hydrogens is 434 g/mol. The molecule has 17 heavy (non-hydrogen) atoms. The minimum atomic E-state index is 0.260. The first-order valence-corrected chi connectivity index (χ1v) is 8.32. The average molecular weight is 452 g/mol. The minimum Gasteiger partial charge on any atom is -0.103 e. The van der Waals surface area contributed by atoms with Gasteiger partial charge in [0.15, 0.2) is 0 Å². The van der Waals surface area contributed by atoms with Crippen LogP contribution >= 0.6 is 45.2 Å². The van der Waals surface area contributed by atoms with E-state index in [4.69, 9.17) is 0 Å². The lowest BCUT2D eigenvalue weighted by molar-refractivity contribution is 0.325. The van der Waals surface area contributed by atoms with Gasteiger partial charge in [-0.2, -0.15) is 0 Å². The van der Waals surface area contributed by atoms with Crippen molar-refractivity contribution in [3.63, 3.8) is 0 Å². The molecule has 0 aromatic carbocycles. The Hall–Kier alpha value is 0.420. The lowest BCUT2D eigenvalue weighted by Crippen LogP contribution is -2.20. The van der Waals surface area contributed by atoms with Crippen molar-refractivity contribution in [1.29, 1.82) is 0 Å². The van der Waals surface area contributed by atoms with Gasteiger partial charge in [-0.3, -0.25) is 0 Å². The Balaban J connectivity index is 2.47. The Labute approximate surface area is 132 Å². The molecule has 0 aromatic rings. The van der Waals surface area contributed by atoms with Crippen LogP contribution in [0.25, 0.3) is 0 Å². The van der Waals surface area contributed by atoms with E-state index in [0.717, 1.165) is 0 Å². The molecule has 0 radical (unpaired) electrons. The van der Waals surface area contributed by atoms with Crippen molar-refractivity contribution in [2.75, 3.05) is 0 Å². The molecule has 0 N–H and O–H groups in total. The van der Waals surface area contributed by atoms with Gasteiger partial charge in [0.05, 0.1) is 0 Å². The molecule has 2 aliphatic rings. The second kappa shape index (κ2) is 5.19. The maximum absolute atomic E-state index is 4.06. The van der Waals surface area contributed by atoms with Crippen molar-refractivity contribution in [1.82, 2.24) is 0 Å². The van der Waals surface area contributed by atoms with Crippen LogP contribution in [0.4, 0.5) is 0 Å². The van der Waals surface area contributed by atoms with E-state index in [9.17, 15) is 0 Å². The molecule has 0 aromatic heterocycles. The van der Waals surface area contributed by atoms with Crippen molar-refractivity contribution in [2.24, 2.45) is 23.2 Å². The highest BCUT2D eigenvalue weighted by molar-refractivity contribution is 14.1. The minimum absolute atomic E-state index is 0.260. The summed E-state index contributed by atoms with van der Waals surface area (Å²) in [5, 5.41) is 0. The molecule has 2 rings (SSSR count). The monoisotopic (exact) mass is 452 g/mol. The Morgan fingerprint density at radius 2 is 2.18 bits per heavy atom. The van der Waals surface area contributed by atoms with Gasteiger partial charge in [-0.05, 0) is 62.3 Å². The Morgan fingerprint density at radius 3 is 2.76 bits per heavy atom. The van der Waals surface area contributed by atoms with Gasteiger partial charge in [0, 0.05) is 3.58 Å². The highest BCUT2D eigenvalue weighted by Gasteiger charge is 2.49. The number of fused-ring (bicyclic) bond motifs is 1. The highest BCUT2D eigenvalue weighted by Crippen LogP contribution is 2.57. The lowest BCUT2D eigenvalue weighted by Gasteiger charge is -2.28. The zero-order valence-electron chi connectivity index (χ0n) is 10.3. The van der Waals surface area contributed by atoms with Gasteiger partial charge >= 0.3 is 0 Å². The fourth-order valence-corrected chi connectivity index (χ4v) is 4.43. The predicted octanol–water partition coefficient (Wildman–Crippen LogP) is 5.66. The van der Waals surface area contributed by atoms with Gasteiger partial charge in [-0.25, -0.2) is 0 Å². The Kier molecular flexibility index (Phi) is 4.23. The number of rotatable bonds is 2. The van der Waals surface area contributed by atoms with Crippen LogP contribution in [0.15, 0.2) is 44.1 Å². The molecule has 0 saturated heterocycles. The first-order chi connectivity index (χ1) is 8.02. The maximum Gasteiger partial charge on any atom is 0.00900 e. The molecule has 2 aliphatic carbocycles. The fraction of sp³-hybridized carbons (Fsp3) is 0.467. The van der Waals surface area contributed by atoms with Crippen LogP contribution in [-0.4, -0.2) is 0 Å². The fourth-order valence-electron chi connectivity index (χ4n) is 3.39. The molecule has 1 saturated carbocycles. The summed E-state index contributed by atoms with van der Waals surface area (Å²) < 4.78 is 3.56. The molecule has 0 aliphatic heterocycles. The molecule has 0 nitrogen and oxygen atoms in total. The topological polar surface area (TPSA) is 0 Å². The number of allylic oxidation sites excluding steroid dienone is 6. The van der Waals surface area contributed by atoms with E-state index < -0.39 is 0 Å². The quantitative estimate of drug-likeness (QED) is 0.375. The van der Waals surface area contributed by atoms with Gasteiger partial charge in [0.2, 0.25) is 0 Å². The van der Waals surface area contributed by atoms with Crippen LogP contribution in [0.1, 0.15) is 20.3 Å². The standard InChI is InChI=1S/C15H18I2/c1-4-11-12-6-5-10(17)9-14(12)15(2,3)13(11)7-8-16/h4-5,7-9,11-13H,1,6H2,2-3H3/b8-7+/t11?,12-,13?/m1/s1. The van der Waals surface area contributed by atoms with Gasteiger partial charge in [0.1, 0.15) is 0 Å². The molecular formula is C15H18I2. The third-order valence-corrected chi connectivity index (χ3v) is 5.44. The smallest absolute Gasteiger partial charge is 0.00900 e. The zero-order valence-corrected chi connectivity index (χ0v) is 14.6. The normalized spacial score (nSPS) is 35.4. The van der Waals surface area contributed by atoms with Crippen LogP contribution in [0.5, 0.6) is 0 Å². The number of halogens is 2. The molecule has 1 fully saturated rings.